The van der Waals surface area contributed by atoms with Gasteiger partial charge in [0.15, 0.2) is 0 Å². The lowest BCUT2D eigenvalue weighted by molar-refractivity contribution is -0.386. The molecule has 0 spiro atoms. The zero-order valence-electron chi connectivity index (χ0n) is 11.5. The van der Waals surface area contributed by atoms with E-state index in [0.717, 1.165) is 25.9 Å². The van der Waals surface area contributed by atoms with Crippen LogP contribution in [0, 0.1) is 21.8 Å². The van der Waals surface area contributed by atoms with Crippen molar-refractivity contribution < 1.29 is 14.4 Å². The summed E-state index contributed by atoms with van der Waals surface area (Å²) in [7, 11) is 0. The highest BCUT2D eigenvalue weighted by atomic mass is 19.1. The lowest BCUT2D eigenvalue weighted by Gasteiger charge is -2.33. The summed E-state index contributed by atoms with van der Waals surface area (Å²) in [4.78, 5) is 12.4. The number of likely N-dealkylation sites (tertiary alicyclic amines) is 1. The molecule has 1 aliphatic heterocycles. The number of piperidine rings is 1. The van der Waals surface area contributed by atoms with Gasteiger partial charge in [0.05, 0.1) is 16.6 Å². The third kappa shape index (κ3) is 3.32. The van der Waals surface area contributed by atoms with Crippen LogP contribution in [0.1, 0.15) is 25.3 Å². The molecule has 5 nitrogen and oxygen atoms in total. The van der Waals surface area contributed by atoms with Gasteiger partial charge < -0.3 is 5.11 Å². The molecule has 2 rings (SSSR count). The summed E-state index contributed by atoms with van der Waals surface area (Å²) in [5, 5.41) is 20.5. The Balaban J connectivity index is 2.06. The normalized spacial score (nSPS) is 18.9. The number of nitro groups is 1. The minimum Gasteiger partial charge on any atom is -0.393 e. The largest absolute Gasteiger partial charge is 0.393 e. The molecule has 1 aromatic carbocycles. The standard InChI is InChI=1S/C14H19FN2O3/c1-10(18)11-5-7-16(8-6-11)9-12-13(15)3-2-4-14(12)17(19)20/h2-4,10-11,18H,5-9H2,1H3. The van der Waals surface area contributed by atoms with Crippen molar-refractivity contribution in [3.05, 3.63) is 39.7 Å². The predicted octanol–water partition coefficient (Wildman–Crippen LogP) is 2.33. The molecule has 1 aromatic rings. The average molecular weight is 282 g/mol. The van der Waals surface area contributed by atoms with E-state index in [0.29, 0.717) is 0 Å². The molecule has 6 heteroatoms. The van der Waals surface area contributed by atoms with Crippen molar-refractivity contribution in [3.8, 4) is 0 Å². The van der Waals surface area contributed by atoms with Gasteiger partial charge in [-0.1, -0.05) is 6.07 Å². The van der Waals surface area contributed by atoms with Crippen molar-refractivity contribution >= 4 is 5.69 Å². The molecule has 20 heavy (non-hydrogen) atoms. The maximum atomic E-state index is 13.8. The van der Waals surface area contributed by atoms with Crippen LogP contribution in [0.5, 0.6) is 0 Å². The number of hydrogen-bond donors (Lipinski definition) is 1. The summed E-state index contributed by atoms with van der Waals surface area (Å²) in [6.07, 6.45) is 1.33. The number of nitro benzene ring substituents is 1. The van der Waals surface area contributed by atoms with Gasteiger partial charge in [0, 0.05) is 12.6 Å². The van der Waals surface area contributed by atoms with Gasteiger partial charge in [-0.05, 0) is 44.8 Å². The van der Waals surface area contributed by atoms with Crippen LogP contribution in [-0.4, -0.2) is 34.1 Å². The molecular weight excluding hydrogens is 263 g/mol. The minimum atomic E-state index is -0.541. The van der Waals surface area contributed by atoms with Crippen LogP contribution in [0.3, 0.4) is 0 Å². The molecule has 1 saturated heterocycles. The van der Waals surface area contributed by atoms with Crippen molar-refractivity contribution in [2.75, 3.05) is 13.1 Å². The van der Waals surface area contributed by atoms with E-state index in [1.165, 1.54) is 18.2 Å². The average Bonchev–Trinajstić information content (AvgIpc) is 2.41. The van der Waals surface area contributed by atoms with E-state index < -0.39 is 10.7 Å². The van der Waals surface area contributed by atoms with Gasteiger partial charge >= 0.3 is 0 Å². The van der Waals surface area contributed by atoms with Gasteiger partial charge in [-0.15, -0.1) is 0 Å². The first kappa shape index (κ1) is 14.9. The maximum Gasteiger partial charge on any atom is 0.276 e. The highest BCUT2D eigenvalue weighted by Crippen LogP contribution is 2.26. The fraction of sp³-hybridized carbons (Fsp3) is 0.571. The Hall–Kier alpha value is -1.53. The van der Waals surface area contributed by atoms with E-state index in [1.807, 2.05) is 4.90 Å². The highest BCUT2D eigenvalue weighted by molar-refractivity contribution is 5.40. The molecule has 1 atom stereocenters. The van der Waals surface area contributed by atoms with Gasteiger partial charge in [-0.25, -0.2) is 4.39 Å². The number of benzene rings is 1. The van der Waals surface area contributed by atoms with Crippen LogP contribution in [0.25, 0.3) is 0 Å². The molecular formula is C14H19FN2O3. The molecule has 1 N–H and O–H groups in total. The fourth-order valence-electron chi connectivity index (χ4n) is 2.69. The van der Waals surface area contributed by atoms with Crippen LogP contribution in [-0.2, 0) is 6.54 Å². The SMILES string of the molecule is CC(O)C1CCN(Cc2c(F)cccc2[N+](=O)[O-])CC1. The lowest BCUT2D eigenvalue weighted by atomic mass is 9.92. The van der Waals surface area contributed by atoms with Gasteiger partial charge in [0.2, 0.25) is 0 Å². The van der Waals surface area contributed by atoms with E-state index in [9.17, 15) is 19.6 Å². The van der Waals surface area contributed by atoms with Crippen LogP contribution in [0.4, 0.5) is 10.1 Å². The molecule has 0 saturated carbocycles. The summed E-state index contributed by atoms with van der Waals surface area (Å²) in [5.41, 5.74) is -0.0179. The van der Waals surface area contributed by atoms with E-state index >= 15 is 0 Å². The summed E-state index contributed by atoms with van der Waals surface area (Å²) in [6.45, 7) is 3.47. The Morgan fingerprint density at radius 3 is 2.70 bits per heavy atom. The molecule has 0 aliphatic carbocycles. The van der Waals surface area contributed by atoms with E-state index in [2.05, 4.69) is 0 Å². The van der Waals surface area contributed by atoms with Crippen LogP contribution in [0.2, 0.25) is 0 Å². The monoisotopic (exact) mass is 282 g/mol. The smallest absolute Gasteiger partial charge is 0.276 e. The Kier molecular flexibility index (Phi) is 4.67. The second-order valence-corrected chi connectivity index (χ2v) is 5.35. The summed E-state index contributed by atoms with van der Waals surface area (Å²) in [6, 6.07) is 3.95. The fourth-order valence-corrected chi connectivity index (χ4v) is 2.69. The van der Waals surface area contributed by atoms with Crippen molar-refractivity contribution in [1.29, 1.82) is 0 Å². The Bertz CT molecular complexity index is 485. The second-order valence-electron chi connectivity index (χ2n) is 5.35. The first-order valence-corrected chi connectivity index (χ1v) is 6.81. The third-order valence-corrected chi connectivity index (χ3v) is 3.99. The third-order valence-electron chi connectivity index (χ3n) is 3.99. The molecule has 1 fully saturated rings. The molecule has 1 unspecified atom stereocenters. The number of aliphatic hydroxyl groups is 1. The van der Waals surface area contributed by atoms with Gasteiger partial charge in [-0.2, -0.15) is 0 Å². The summed E-state index contributed by atoms with van der Waals surface area (Å²) >= 11 is 0. The van der Waals surface area contributed by atoms with Crippen LogP contribution in [0.15, 0.2) is 18.2 Å². The van der Waals surface area contributed by atoms with Gasteiger partial charge in [0.1, 0.15) is 5.82 Å². The van der Waals surface area contributed by atoms with Gasteiger partial charge in [-0.3, -0.25) is 15.0 Å². The van der Waals surface area contributed by atoms with Crippen LogP contribution >= 0.6 is 0 Å². The zero-order valence-corrected chi connectivity index (χ0v) is 11.5. The first-order valence-electron chi connectivity index (χ1n) is 6.81. The van der Waals surface area contributed by atoms with E-state index in [1.54, 1.807) is 6.92 Å². The Morgan fingerprint density at radius 1 is 1.50 bits per heavy atom. The molecule has 110 valence electrons. The summed E-state index contributed by atoms with van der Waals surface area (Å²) < 4.78 is 13.8. The van der Waals surface area contributed by atoms with Crippen molar-refractivity contribution in [1.82, 2.24) is 4.90 Å². The van der Waals surface area contributed by atoms with Crippen molar-refractivity contribution in [2.24, 2.45) is 5.92 Å². The van der Waals surface area contributed by atoms with E-state index in [-0.39, 0.29) is 29.8 Å². The molecule has 0 bridgehead atoms. The van der Waals surface area contributed by atoms with Crippen molar-refractivity contribution in [3.63, 3.8) is 0 Å². The number of halogens is 1. The molecule has 0 radical (unpaired) electrons. The first-order chi connectivity index (χ1) is 9.49. The summed E-state index contributed by atoms with van der Waals surface area (Å²) in [5.74, 6) is -0.265. The quantitative estimate of drug-likeness (QED) is 0.680. The highest BCUT2D eigenvalue weighted by Gasteiger charge is 2.25. The molecule has 1 heterocycles. The molecule has 0 amide bonds. The van der Waals surface area contributed by atoms with Crippen LogP contribution < -0.4 is 0 Å². The Labute approximate surface area is 117 Å². The second kappa shape index (κ2) is 6.28. The topological polar surface area (TPSA) is 66.6 Å². The number of hydrogen-bond acceptors (Lipinski definition) is 4. The predicted molar refractivity (Wildman–Crippen MR) is 72.7 cm³/mol. The lowest BCUT2D eigenvalue weighted by Crippen LogP contribution is -2.36. The number of aliphatic hydroxyl groups excluding tert-OH is 1. The van der Waals surface area contributed by atoms with Gasteiger partial charge in [0.25, 0.3) is 5.69 Å². The molecule has 1 aliphatic rings. The Morgan fingerprint density at radius 2 is 2.15 bits per heavy atom. The zero-order chi connectivity index (χ0) is 14.7. The van der Waals surface area contributed by atoms with E-state index in [4.69, 9.17) is 0 Å². The number of nitrogens with zero attached hydrogens (tertiary/aromatic N) is 2. The molecule has 0 aromatic heterocycles. The maximum absolute atomic E-state index is 13.8. The number of rotatable bonds is 4. The minimum absolute atomic E-state index is 0.146. The van der Waals surface area contributed by atoms with Crippen molar-refractivity contribution in [2.45, 2.75) is 32.4 Å².